The quantitative estimate of drug-likeness (QED) is 0.845. The number of ether oxygens (including phenoxy) is 1. The van der Waals surface area contributed by atoms with E-state index in [0.717, 1.165) is 12.8 Å². The number of benzene rings is 1. The van der Waals surface area contributed by atoms with Crippen molar-refractivity contribution >= 4 is 0 Å². The second-order valence-corrected chi connectivity index (χ2v) is 4.77. The minimum absolute atomic E-state index is 0.189. The van der Waals surface area contributed by atoms with Crippen LogP contribution < -0.4 is 4.74 Å². The fourth-order valence-electron chi connectivity index (χ4n) is 2.41. The van der Waals surface area contributed by atoms with Gasteiger partial charge in [0.15, 0.2) is 0 Å². The van der Waals surface area contributed by atoms with E-state index in [-0.39, 0.29) is 5.75 Å². The van der Waals surface area contributed by atoms with Crippen molar-refractivity contribution in [3.63, 3.8) is 0 Å². The molecule has 94 valence electrons. The van der Waals surface area contributed by atoms with Crippen LogP contribution in [0.1, 0.15) is 32.1 Å². The molecule has 0 saturated heterocycles. The average Bonchev–Trinajstić information content (AvgIpc) is 2.37. The zero-order chi connectivity index (χ0) is 12.1. The van der Waals surface area contributed by atoms with Crippen molar-refractivity contribution in [2.45, 2.75) is 38.2 Å². The molecule has 0 bridgehead atoms. The fourth-order valence-corrected chi connectivity index (χ4v) is 2.41. The molecule has 3 nitrogen and oxygen atoms in total. The molecule has 1 saturated carbocycles. The standard InChI is InChI=1S/C14H20O3/c15-12-7-4-8-13(9-12)17-10-14(16)11-5-2-1-3-6-11/h4,7-9,11,14-16H,1-3,5-6,10H2. The van der Waals surface area contributed by atoms with Gasteiger partial charge in [0.05, 0.1) is 6.10 Å². The van der Waals surface area contributed by atoms with Crippen molar-refractivity contribution in [1.29, 1.82) is 0 Å². The second kappa shape index (κ2) is 5.92. The molecule has 1 unspecified atom stereocenters. The van der Waals surface area contributed by atoms with Crippen molar-refractivity contribution in [2.75, 3.05) is 6.61 Å². The summed E-state index contributed by atoms with van der Waals surface area (Å²) in [5.41, 5.74) is 0. The van der Waals surface area contributed by atoms with Gasteiger partial charge < -0.3 is 14.9 Å². The SMILES string of the molecule is Oc1cccc(OCC(O)C2CCCCC2)c1. The van der Waals surface area contributed by atoms with Crippen LogP contribution in [0.4, 0.5) is 0 Å². The molecular formula is C14H20O3. The second-order valence-electron chi connectivity index (χ2n) is 4.77. The van der Waals surface area contributed by atoms with E-state index in [1.807, 2.05) is 0 Å². The molecule has 0 amide bonds. The Morgan fingerprint density at radius 2 is 2.00 bits per heavy atom. The molecule has 0 radical (unpaired) electrons. The van der Waals surface area contributed by atoms with Gasteiger partial charge >= 0.3 is 0 Å². The largest absolute Gasteiger partial charge is 0.508 e. The van der Waals surface area contributed by atoms with E-state index < -0.39 is 6.10 Å². The van der Waals surface area contributed by atoms with Gasteiger partial charge in [0.25, 0.3) is 0 Å². The van der Waals surface area contributed by atoms with Gasteiger partial charge in [0.2, 0.25) is 0 Å². The lowest BCUT2D eigenvalue weighted by molar-refractivity contribution is 0.0413. The molecule has 17 heavy (non-hydrogen) atoms. The van der Waals surface area contributed by atoms with E-state index >= 15 is 0 Å². The number of phenols is 1. The van der Waals surface area contributed by atoms with Gasteiger partial charge in [-0.15, -0.1) is 0 Å². The zero-order valence-electron chi connectivity index (χ0n) is 10.0. The van der Waals surface area contributed by atoms with Crippen molar-refractivity contribution in [2.24, 2.45) is 5.92 Å². The lowest BCUT2D eigenvalue weighted by Gasteiger charge is -2.26. The number of rotatable bonds is 4. The van der Waals surface area contributed by atoms with Crippen LogP contribution in [0.15, 0.2) is 24.3 Å². The lowest BCUT2D eigenvalue weighted by Crippen LogP contribution is -2.28. The molecule has 3 heteroatoms. The summed E-state index contributed by atoms with van der Waals surface area (Å²) >= 11 is 0. The van der Waals surface area contributed by atoms with Crippen LogP contribution in [0.5, 0.6) is 11.5 Å². The Hall–Kier alpha value is -1.22. The number of aliphatic hydroxyl groups excluding tert-OH is 1. The molecule has 1 fully saturated rings. The number of phenolic OH excluding ortho intramolecular Hbond substituents is 1. The molecular weight excluding hydrogens is 216 g/mol. The number of hydrogen-bond acceptors (Lipinski definition) is 3. The normalized spacial score (nSPS) is 18.9. The molecule has 0 heterocycles. The third kappa shape index (κ3) is 3.63. The van der Waals surface area contributed by atoms with Crippen LogP contribution in [-0.2, 0) is 0 Å². The summed E-state index contributed by atoms with van der Waals surface area (Å²) < 4.78 is 5.49. The van der Waals surface area contributed by atoms with Gasteiger partial charge in [0, 0.05) is 6.07 Å². The topological polar surface area (TPSA) is 49.7 Å². The Bertz CT molecular complexity index is 345. The number of aromatic hydroxyl groups is 1. The van der Waals surface area contributed by atoms with E-state index in [2.05, 4.69) is 0 Å². The minimum Gasteiger partial charge on any atom is -0.508 e. The number of hydrogen-bond donors (Lipinski definition) is 2. The Labute approximate surface area is 102 Å². The predicted octanol–water partition coefficient (Wildman–Crippen LogP) is 2.71. The smallest absolute Gasteiger partial charge is 0.123 e. The molecule has 2 N–H and O–H groups in total. The number of aliphatic hydroxyl groups is 1. The molecule has 0 aliphatic heterocycles. The molecule has 1 aliphatic carbocycles. The summed E-state index contributed by atoms with van der Waals surface area (Å²) in [6.45, 7) is 0.314. The van der Waals surface area contributed by atoms with Gasteiger partial charge in [0.1, 0.15) is 18.1 Å². The highest BCUT2D eigenvalue weighted by molar-refractivity contribution is 5.31. The third-order valence-electron chi connectivity index (χ3n) is 3.43. The van der Waals surface area contributed by atoms with Crippen LogP contribution in [-0.4, -0.2) is 22.9 Å². The summed E-state index contributed by atoms with van der Waals surface area (Å²) in [5, 5.41) is 19.3. The molecule has 1 aromatic carbocycles. The van der Waals surface area contributed by atoms with Gasteiger partial charge in [-0.05, 0) is 30.9 Å². The first-order chi connectivity index (χ1) is 8.25. The summed E-state index contributed by atoms with van der Waals surface area (Å²) in [5.74, 6) is 1.18. The summed E-state index contributed by atoms with van der Waals surface area (Å²) in [6, 6.07) is 6.68. The molecule has 0 spiro atoms. The van der Waals surface area contributed by atoms with E-state index in [0.29, 0.717) is 18.3 Å². The van der Waals surface area contributed by atoms with Crippen LogP contribution in [0, 0.1) is 5.92 Å². The summed E-state index contributed by atoms with van der Waals surface area (Å²) in [7, 11) is 0. The van der Waals surface area contributed by atoms with Crippen molar-refractivity contribution in [1.82, 2.24) is 0 Å². The molecule has 1 atom stereocenters. The van der Waals surface area contributed by atoms with Crippen LogP contribution in [0.25, 0.3) is 0 Å². The van der Waals surface area contributed by atoms with Gasteiger partial charge in [-0.1, -0.05) is 25.3 Å². The van der Waals surface area contributed by atoms with Crippen LogP contribution >= 0.6 is 0 Å². The first-order valence-corrected chi connectivity index (χ1v) is 6.35. The van der Waals surface area contributed by atoms with Crippen molar-refractivity contribution in [3.05, 3.63) is 24.3 Å². The van der Waals surface area contributed by atoms with Gasteiger partial charge in [-0.2, -0.15) is 0 Å². The third-order valence-corrected chi connectivity index (χ3v) is 3.43. The highest BCUT2D eigenvalue weighted by atomic mass is 16.5. The van der Waals surface area contributed by atoms with Crippen molar-refractivity contribution in [3.8, 4) is 11.5 Å². The molecule has 1 aliphatic rings. The first-order valence-electron chi connectivity index (χ1n) is 6.35. The Kier molecular flexibility index (Phi) is 4.26. The molecule has 1 aromatic rings. The lowest BCUT2D eigenvalue weighted by atomic mass is 9.85. The maximum Gasteiger partial charge on any atom is 0.123 e. The Balaban J connectivity index is 1.80. The van der Waals surface area contributed by atoms with E-state index in [9.17, 15) is 10.2 Å². The summed E-state index contributed by atoms with van der Waals surface area (Å²) in [6.07, 6.45) is 5.53. The van der Waals surface area contributed by atoms with E-state index in [1.165, 1.54) is 19.3 Å². The van der Waals surface area contributed by atoms with Crippen LogP contribution in [0.3, 0.4) is 0 Å². The maximum absolute atomic E-state index is 10.0. The van der Waals surface area contributed by atoms with E-state index in [4.69, 9.17) is 4.74 Å². The Morgan fingerprint density at radius 1 is 1.24 bits per heavy atom. The Morgan fingerprint density at radius 3 is 2.71 bits per heavy atom. The summed E-state index contributed by atoms with van der Waals surface area (Å²) in [4.78, 5) is 0. The van der Waals surface area contributed by atoms with E-state index in [1.54, 1.807) is 24.3 Å². The van der Waals surface area contributed by atoms with Gasteiger partial charge in [-0.25, -0.2) is 0 Å². The average molecular weight is 236 g/mol. The maximum atomic E-state index is 10.0. The first kappa shape index (κ1) is 12.2. The molecule has 0 aromatic heterocycles. The predicted molar refractivity (Wildman–Crippen MR) is 66.2 cm³/mol. The van der Waals surface area contributed by atoms with Crippen molar-refractivity contribution < 1.29 is 14.9 Å². The minimum atomic E-state index is -0.391. The van der Waals surface area contributed by atoms with Crippen LogP contribution in [0.2, 0.25) is 0 Å². The monoisotopic (exact) mass is 236 g/mol. The molecule has 2 rings (SSSR count). The fraction of sp³-hybridized carbons (Fsp3) is 0.571. The highest BCUT2D eigenvalue weighted by Gasteiger charge is 2.22. The highest BCUT2D eigenvalue weighted by Crippen LogP contribution is 2.27. The van der Waals surface area contributed by atoms with Gasteiger partial charge in [-0.3, -0.25) is 0 Å². The zero-order valence-corrected chi connectivity index (χ0v) is 10.0.